The van der Waals surface area contributed by atoms with Gasteiger partial charge in [0.25, 0.3) is 0 Å². The van der Waals surface area contributed by atoms with Gasteiger partial charge in [0, 0.05) is 25.8 Å². The first-order chi connectivity index (χ1) is 8.15. The van der Waals surface area contributed by atoms with Crippen molar-refractivity contribution in [1.29, 1.82) is 0 Å². The fraction of sp³-hybridized carbons (Fsp3) is 0.214. The lowest BCUT2D eigenvalue weighted by molar-refractivity contribution is 0.408. The van der Waals surface area contributed by atoms with Gasteiger partial charge in [-0.1, -0.05) is 23.4 Å². The first-order valence-corrected chi connectivity index (χ1v) is 5.54. The number of benzene rings is 1. The molecule has 0 saturated carbocycles. The summed E-state index contributed by atoms with van der Waals surface area (Å²) in [6, 6.07) is 10.2. The van der Waals surface area contributed by atoms with Gasteiger partial charge in [0.1, 0.15) is 0 Å². The number of anilines is 1. The Balaban J connectivity index is 2.11. The van der Waals surface area contributed by atoms with Gasteiger partial charge >= 0.3 is 0 Å². The average Bonchev–Trinajstić information content (AvgIpc) is 2.73. The van der Waals surface area contributed by atoms with Gasteiger partial charge in [-0.05, 0) is 30.7 Å². The summed E-state index contributed by atoms with van der Waals surface area (Å²) in [7, 11) is 4.06. The van der Waals surface area contributed by atoms with E-state index >= 15 is 0 Å². The van der Waals surface area contributed by atoms with Crippen LogP contribution in [-0.2, 0) is 0 Å². The summed E-state index contributed by atoms with van der Waals surface area (Å²) in [6.45, 7) is 1.91. The van der Waals surface area contributed by atoms with Crippen LogP contribution < -0.4 is 4.90 Å². The molecule has 3 heteroatoms. The summed E-state index contributed by atoms with van der Waals surface area (Å²) in [5.41, 5.74) is 3.23. The number of hydrogen-bond donors (Lipinski definition) is 0. The standard InChI is InChI=1S/C14H16N2O/c1-11-10-14(17-15-11)9-6-12-4-7-13(8-5-12)16(2)3/h4-10H,1-3H3/b9-6+. The van der Waals surface area contributed by atoms with E-state index < -0.39 is 0 Å². The van der Waals surface area contributed by atoms with Gasteiger partial charge in [0.15, 0.2) is 5.76 Å². The van der Waals surface area contributed by atoms with E-state index in [9.17, 15) is 0 Å². The molecule has 0 amide bonds. The van der Waals surface area contributed by atoms with Crippen LogP contribution in [0.1, 0.15) is 17.0 Å². The molecule has 88 valence electrons. The van der Waals surface area contributed by atoms with Crippen LogP contribution in [0.4, 0.5) is 5.69 Å². The predicted molar refractivity (Wildman–Crippen MR) is 70.9 cm³/mol. The fourth-order valence-electron chi connectivity index (χ4n) is 1.52. The van der Waals surface area contributed by atoms with Crippen LogP contribution in [0.25, 0.3) is 12.2 Å². The molecule has 2 rings (SSSR count). The molecule has 0 aliphatic rings. The summed E-state index contributed by atoms with van der Waals surface area (Å²) in [5, 5.41) is 3.83. The lowest BCUT2D eigenvalue weighted by Gasteiger charge is -2.11. The highest BCUT2D eigenvalue weighted by Crippen LogP contribution is 2.14. The van der Waals surface area contributed by atoms with Crippen molar-refractivity contribution < 1.29 is 4.52 Å². The molecule has 0 unspecified atom stereocenters. The Morgan fingerprint density at radius 2 is 1.82 bits per heavy atom. The largest absolute Gasteiger partial charge is 0.378 e. The molecule has 1 aromatic carbocycles. The Bertz CT molecular complexity index is 509. The third-order valence-electron chi connectivity index (χ3n) is 2.50. The summed E-state index contributed by atoms with van der Waals surface area (Å²) in [5.74, 6) is 0.777. The Hall–Kier alpha value is -2.03. The number of aromatic nitrogens is 1. The monoisotopic (exact) mass is 228 g/mol. The molecule has 0 N–H and O–H groups in total. The molecule has 0 fully saturated rings. The van der Waals surface area contributed by atoms with Crippen LogP contribution in [0, 0.1) is 6.92 Å². The van der Waals surface area contributed by atoms with Crippen LogP contribution in [0.3, 0.4) is 0 Å². The quantitative estimate of drug-likeness (QED) is 0.807. The Kier molecular flexibility index (Phi) is 3.28. The highest BCUT2D eigenvalue weighted by molar-refractivity contribution is 5.68. The second kappa shape index (κ2) is 4.87. The molecule has 1 aromatic heterocycles. The van der Waals surface area contributed by atoms with E-state index in [-0.39, 0.29) is 0 Å². The maximum absolute atomic E-state index is 5.10. The maximum Gasteiger partial charge on any atom is 0.159 e. The summed E-state index contributed by atoms with van der Waals surface area (Å²) >= 11 is 0. The minimum absolute atomic E-state index is 0.777. The van der Waals surface area contributed by atoms with E-state index in [1.807, 2.05) is 39.2 Å². The Morgan fingerprint density at radius 3 is 2.35 bits per heavy atom. The highest BCUT2D eigenvalue weighted by atomic mass is 16.5. The Morgan fingerprint density at radius 1 is 1.12 bits per heavy atom. The molecule has 3 nitrogen and oxygen atoms in total. The third kappa shape index (κ3) is 2.97. The van der Waals surface area contributed by atoms with Crippen LogP contribution in [0.15, 0.2) is 34.9 Å². The average molecular weight is 228 g/mol. The zero-order valence-electron chi connectivity index (χ0n) is 10.3. The van der Waals surface area contributed by atoms with Gasteiger partial charge < -0.3 is 9.42 Å². The van der Waals surface area contributed by atoms with E-state index in [1.54, 1.807) is 0 Å². The van der Waals surface area contributed by atoms with Crippen LogP contribution in [-0.4, -0.2) is 19.3 Å². The predicted octanol–water partition coefficient (Wildman–Crippen LogP) is 3.22. The minimum atomic E-state index is 0.777. The fourth-order valence-corrected chi connectivity index (χ4v) is 1.52. The molecule has 1 heterocycles. The van der Waals surface area contributed by atoms with Crippen molar-refractivity contribution in [3.63, 3.8) is 0 Å². The molecule has 0 saturated heterocycles. The summed E-state index contributed by atoms with van der Waals surface area (Å²) in [4.78, 5) is 2.08. The van der Waals surface area contributed by atoms with Crippen molar-refractivity contribution in [2.45, 2.75) is 6.92 Å². The summed E-state index contributed by atoms with van der Waals surface area (Å²) in [6.07, 6.45) is 3.93. The first-order valence-electron chi connectivity index (χ1n) is 5.54. The Labute approximate surface area is 101 Å². The molecule has 0 radical (unpaired) electrons. The molecule has 2 aromatic rings. The van der Waals surface area contributed by atoms with Gasteiger partial charge in [-0.15, -0.1) is 0 Å². The van der Waals surface area contributed by atoms with Crippen molar-refractivity contribution >= 4 is 17.8 Å². The molecule has 17 heavy (non-hydrogen) atoms. The number of rotatable bonds is 3. The number of nitrogens with zero attached hydrogens (tertiary/aromatic N) is 2. The van der Waals surface area contributed by atoms with Crippen LogP contribution in [0.2, 0.25) is 0 Å². The normalized spacial score (nSPS) is 11.0. The van der Waals surface area contributed by atoms with E-state index in [2.05, 4.69) is 34.3 Å². The van der Waals surface area contributed by atoms with Crippen molar-refractivity contribution in [3.8, 4) is 0 Å². The topological polar surface area (TPSA) is 29.3 Å². The van der Waals surface area contributed by atoms with E-state index in [0.29, 0.717) is 0 Å². The molecule has 0 bridgehead atoms. The summed E-state index contributed by atoms with van der Waals surface area (Å²) < 4.78 is 5.10. The van der Waals surface area contributed by atoms with Crippen LogP contribution in [0.5, 0.6) is 0 Å². The second-order valence-corrected chi connectivity index (χ2v) is 4.19. The SMILES string of the molecule is Cc1cc(/C=C/c2ccc(N(C)C)cc2)on1. The first kappa shape index (κ1) is 11.5. The van der Waals surface area contributed by atoms with E-state index in [0.717, 1.165) is 17.0 Å². The smallest absolute Gasteiger partial charge is 0.159 e. The molecular weight excluding hydrogens is 212 g/mol. The van der Waals surface area contributed by atoms with Crippen molar-refractivity contribution in [3.05, 3.63) is 47.3 Å². The van der Waals surface area contributed by atoms with Crippen molar-refractivity contribution in [2.24, 2.45) is 0 Å². The van der Waals surface area contributed by atoms with Crippen molar-refractivity contribution in [2.75, 3.05) is 19.0 Å². The molecule has 0 spiro atoms. The molecule has 0 aliphatic carbocycles. The molecule has 0 aliphatic heterocycles. The number of hydrogen-bond acceptors (Lipinski definition) is 3. The molecule has 0 atom stereocenters. The van der Waals surface area contributed by atoms with Gasteiger partial charge in [-0.25, -0.2) is 0 Å². The van der Waals surface area contributed by atoms with Gasteiger partial charge in [0.2, 0.25) is 0 Å². The lowest BCUT2D eigenvalue weighted by Crippen LogP contribution is -2.07. The van der Waals surface area contributed by atoms with E-state index in [1.165, 1.54) is 5.69 Å². The minimum Gasteiger partial charge on any atom is -0.378 e. The highest BCUT2D eigenvalue weighted by Gasteiger charge is 1.96. The zero-order valence-corrected chi connectivity index (χ0v) is 10.3. The van der Waals surface area contributed by atoms with Gasteiger partial charge in [0.05, 0.1) is 5.69 Å². The lowest BCUT2D eigenvalue weighted by atomic mass is 10.2. The van der Waals surface area contributed by atoms with Crippen LogP contribution >= 0.6 is 0 Å². The van der Waals surface area contributed by atoms with Gasteiger partial charge in [-0.2, -0.15) is 0 Å². The number of aryl methyl sites for hydroxylation is 1. The van der Waals surface area contributed by atoms with Crippen molar-refractivity contribution in [1.82, 2.24) is 5.16 Å². The maximum atomic E-state index is 5.10. The molecular formula is C14H16N2O. The zero-order chi connectivity index (χ0) is 12.3. The third-order valence-corrected chi connectivity index (χ3v) is 2.50. The second-order valence-electron chi connectivity index (χ2n) is 4.19. The van der Waals surface area contributed by atoms with Gasteiger partial charge in [-0.3, -0.25) is 0 Å². The van der Waals surface area contributed by atoms with E-state index in [4.69, 9.17) is 4.52 Å².